The van der Waals surface area contributed by atoms with Crippen molar-refractivity contribution in [2.24, 2.45) is 0 Å². The van der Waals surface area contributed by atoms with E-state index in [4.69, 9.17) is 4.74 Å². The first-order chi connectivity index (χ1) is 6.88. The van der Waals surface area contributed by atoms with E-state index in [0.29, 0.717) is 13.1 Å². The van der Waals surface area contributed by atoms with Crippen molar-refractivity contribution < 1.29 is 14.3 Å². The Morgan fingerprint density at radius 3 is 2.67 bits per heavy atom. The van der Waals surface area contributed by atoms with Crippen molar-refractivity contribution in [1.29, 1.82) is 0 Å². The Morgan fingerprint density at radius 2 is 2.13 bits per heavy atom. The van der Waals surface area contributed by atoms with Crippen LogP contribution in [0, 0.1) is 0 Å². The Hall–Kier alpha value is -1.10. The summed E-state index contributed by atoms with van der Waals surface area (Å²) in [6.07, 6.45) is 0.0864. The zero-order chi connectivity index (χ0) is 11.5. The van der Waals surface area contributed by atoms with Crippen LogP contribution in [0.1, 0.15) is 27.2 Å². The molecule has 0 aliphatic carbocycles. The van der Waals surface area contributed by atoms with Crippen LogP contribution in [0.4, 0.5) is 0 Å². The van der Waals surface area contributed by atoms with E-state index in [9.17, 15) is 9.59 Å². The lowest BCUT2D eigenvalue weighted by atomic mass is 10.1. The number of ether oxygens (including phenoxy) is 1. The fraction of sp³-hybridized carbons (Fsp3) is 0.800. The lowest BCUT2D eigenvalue weighted by Crippen LogP contribution is -2.53. The highest BCUT2D eigenvalue weighted by Gasteiger charge is 2.26. The molecule has 0 aromatic heterocycles. The van der Waals surface area contributed by atoms with E-state index in [0.717, 1.165) is 0 Å². The third-order valence-corrected chi connectivity index (χ3v) is 1.92. The molecule has 5 nitrogen and oxygen atoms in total. The van der Waals surface area contributed by atoms with Gasteiger partial charge >= 0.3 is 5.97 Å². The molecule has 0 spiro atoms. The van der Waals surface area contributed by atoms with Gasteiger partial charge < -0.3 is 15.4 Å². The van der Waals surface area contributed by atoms with Gasteiger partial charge in [-0.2, -0.15) is 0 Å². The molecule has 0 saturated carbocycles. The molecule has 0 radical (unpaired) electrons. The quantitative estimate of drug-likeness (QED) is 0.625. The molecule has 1 amide bonds. The van der Waals surface area contributed by atoms with Crippen molar-refractivity contribution in [2.75, 3.05) is 13.1 Å². The number of rotatable bonds is 2. The van der Waals surface area contributed by atoms with E-state index in [2.05, 4.69) is 10.6 Å². The summed E-state index contributed by atoms with van der Waals surface area (Å²) < 4.78 is 5.13. The van der Waals surface area contributed by atoms with Gasteiger partial charge in [-0.1, -0.05) is 0 Å². The van der Waals surface area contributed by atoms with Gasteiger partial charge in [0.25, 0.3) is 0 Å². The summed E-state index contributed by atoms with van der Waals surface area (Å²) >= 11 is 0. The van der Waals surface area contributed by atoms with Crippen LogP contribution in [0.3, 0.4) is 0 Å². The third kappa shape index (κ3) is 4.29. The molecule has 0 aromatic rings. The van der Waals surface area contributed by atoms with Crippen LogP contribution < -0.4 is 10.6 Å². The molecule has 2 N–H and O–H groups in total. The summed E-state index contributed by atoms with van der Waals surface area (Å²) in [5.74, 6) is -0.482. The normalized spacial score (nSPS) is 22.1. The molecule has 5 heteroatoms. The molecular formula is C10H18N2O3. The first-order valence-electron chi connectivity index (χ1n) is 5.11. The minimum atomic E-state index is -0.498. The van der Waals surface area contributed by atoms with Gasteiger partial charge in [0, 0.05) is 13.1 Å². The van der Waals surface area contributed by atoms with E-state index in [1.165, 1.54) is 0 Å². The largest absolute Gasteiger partial charge is 0.460 e. The van der Waals surface area contributed by atoms with Gasteiger partial charge in [0.2, 0.25) is 5.91 Å². The molecule has 1 unspecified atom stereocenters. The van der Waals surface area contributed by atoms with E-state index in [-0.39, 0.29) is 18.3 Å². The Balaban J connectivity index is 2.40. The number of hydrogen-bond donors (Lipinski definition) is 2. The lowest BCUT2D eigenvalue weighted by Gasteiger charge is -2.25. The second kappa shape index (κ2) is 4.61. The van der Waals surface area contributed by atoms with E-state index in [1.54, 1.807) is 20.8 Å². The molecule has 86 valence electrons. The Bertz CT molecular complexity index is 258. The van der Waals surface area contributed by atoms with Crippen LogP contribution in [0.25, 0.3) is 0 Å². The zero-order valence-corrected chi connectivity index (χ0v) is 9.42. The molecule has 1 aliphatic heterocycles. The highest BCUT2D eigenvalue weighted by atomic mass is 16.6. The SMILES string of the molecule is CC(C)(C)OC(=O)CC1NCCNC1=O. The number of esters is 1. The van der Waals surface area contributed by atoms with Gasteiger partial charge in [0.1, 0.15) is 5.60 Å². The monoisotopic (exact) mass is 214 g/mol. The maximum absolute atomic E-state index is 11.4. The number of carbonyl (C=O) groups is 2. The summed E-state index contributed by atoms with van der Waals surface area (Å²) in [5, 5.41) is 5.66. The predicted octanol–water partition coefficient (Wildman–Crippen LogP) is -0.194. The maximum atomic E-state index is 11.4. The Labute approximate surface area is 89.6 Å². The fourth-order valence-electron chi connectivity index (χ4n) is 1.36. The first kappa shape index (κ1) is 12.0. The second-order valence-electron chi connectivity index (χ2n) is 4.59. The molecule has 0 aromatic carbocycles. The van der Waals surface area contributed by atoms with Crippen LogP contribution in [0.2, 0.25) is 0 Å². The second-order valence-corrected chi connectivity index (χ2v) is 4.59. The van der Waals surface area contributed by atoms with Crippen LogP contribution in [-0.2, 0) is 14.3 Å². The predicted molar refractivity (Wildman–Crippen MR) is 55.3 cm³/mol. The number of amides is 1. The molecular weight excluding hydrogens is 196 g/mol. The van der Waals surface area contributed by atoms with Gasteiger partial charge in [-0.05, 0) is 20.8 Å². The Morgan fingerprint density at radius 1 is 1.47 bits per heavy atom. The summed E-state index contributed by atoms with van der Waals surface area (Å²) in [6, 6.07) is -0.450. The van der Waals surface area contributed by atoms with Crippen molar-refractivity contribution in [3.8, 4) is 0 Å². The van der Waals surface area contributed by atoms with E-state index in [1.807, 2.05) is 0 Å². The smallest absolute Gasteiger partial charge is 0.308 e. The van der Waals surface area contributed by atoms with Gasteiger partial charge in [-0.25, -0.2) is 0 Å². The standard InChI is InChI=1S/C10H18N2O3/c1-10(2,3)15-8(13)6-7-9(14)12-5-4-11-7/h7,11H,4-6H2,1-3H3,(H,12,14). The van der Waals surface area contributed by atoms with Gasteiger partial charge in [-0.3, -0.25) is 9.59 Å². The van der Waals surface area contributed by atoms with Crippen molar-refractivity contribution in [1.82, 2.24) is 10.6 Å². The number of nitrogens with one attached hydrogen (secondary N) is 2. The van der Waals surface area contributed by atoms with Crippen molar-refractivity contribution in [3.05, 3.63) is 0 Å². The highest BCUT2D eigenvalue weighted by molar-refractivity contribution is 5.87. The minimum Gasteiger partial charge on any atom is -0.460 e. The third-order valence-electron chi connectivity index (χ3n) is 1.92. The molecule has 1 atom stereocenters. The average Bonchev–Trinajstić information content (AvgIpc) is 2.05. The summed E-state index contributed by atoms with van der Waals surface area (Å²) in [7, 11) is 0. The van der Waals surface area contributed by atoms with Crippen LogP contribution in [-0.4, -0.2) is 36.6 Å². The maximum Gasteiger partial charge on any atom is 0.308 e. The van der Waals surface area contributed by atoms with Crippen LogP contribution in [0.5, 0.6) is 0 Å². The topological polar surface area (TPSA) is 67.4 Å². The van der Waals surface area contributed by atoms with Gasteiger partial charge in [0.05, 0.1) is 12.5 Å². The van der Waals surface area contributed by atoms with Gasteiger partial charge in [0.15, 0.2) is 0 Å². The molecule has 1 saturated heterocycles. The number of piperazine rings is 1. The van der Waals surface area contributed by atoms with Crippen LogP contribution >= 0.6 is 0 Å². The molecule has 1 heterocycles. The van der Waals surface area contributed by atoms with E-state index < -0.39 is 11.6 Å². The summed E-state index contributed by atoms with van der Waals surface area (Å²) in [5.41, 5.74) is -0.498. The highest BCUT2D eigenvalue weighted by Crippen LogP contribution is 2.09. The molecule has 1 aliphatic rings. The summed E-state index contributed by atoms with van der Waals surface area (Å²) in [6.45, 7) is 6.72. The zero-order valence-electron chi connectivity index (χ0n) is 9.42. The first-order valence-corrected chi connectivity index (χ1v) is 5.11. The average molecular weight is 214 g/mol. The van der Waals surface area contributed by atoms with Crippen molar-refractivity contribution >= 4 is 11.9 Å². The summed E-state index contributed by atoms with van der Waals surface area (Å²) in [4.78, 5) is 22.7. The number of hydrogen-bond acceptors (Lipinski definition) is 4. The minimum absolute atomic E-state index is 0.0864. The van der Waals surface area contributed by atoms with Crippen LogP contribution in [0.15, 0.2) is 0 Å². The fourth-order valence-corrected chi connectivity index (χ4v) is 1.36. The van der Waals surface area contributed by atoms with E-state index >= 15 is 0 Å². The Kier molecular flexibility index (Phi) is 3.68. The molecule has 15 heavy (non-hydrogen) atoms. The van der Waals surface area contributed by atoms with Crippen molar-refractivity contribution in [3.63, 3.8) is 0 Å². The molecule has 0 bridgehead atoms. The molecule has 1 rings (SSSR count). The number of carbonyl (C=O) groups excluding carboxylic acids is 2. The van der Waals surface area contributed by atoms with Crippen molar-refractivity contribution in [2.45, 2.75) is 38.8 Å². The van der Waals surface area contributed by atoms with Gasteiger partial charge in [-0.15, -0.1) is 0 Å². The molecule has 1 fully saturated rings. The lowest BCUT2D eigenvalue weighted by molar-refractivity contribution is -0.156.